The molecular weight excluding hydrogens is 703 g/mol. The van der Waals surface area contributed by atoms with Crippen LogP contribution in [0.1, 0.15) is 34.2 Å². The van der Waals surface area contributed by atoms with Gasteiger partial charge in [-0.3, -0.25) is 9.52 Å². The lowest BCUT2D eigenvalue weighted by atomic mass is 9.94. The summed E-state index contributed by atoms with van der Waals surface area (Å²) in [5, 5.41) is 11.9. The van der Waals surface area contributed by atoms with Crippen LogP contribution < -0.4 is 14.9 Å². The maximum atomic E-state index is 15.2. The number of halogens is 5. The molecular formula is C34H30Cl3F2N5O3S. The van der Waals surface area contributed by atoms with Crippen molar-refractivity contribution in [3.05, 3.63) is 109 Å². The summed E-state index contributed by atoms with van der Waals surface area (Å²) >= 11 is 18.8. The fourth-order valence-electron chi connectivity index (χ4n) is 4.87. The second-order valence-electron chi connectivity index (χ2n) is 11.0. The van der Waals surface area contributed by atoms with Gasteiger partial charge in [0.15, 0.2) is 0 Å². The summed E-state index contributed by atoms with van der Waals surface area (Å²) in [6.07, 6.45) is 0.318. The summed E-state index contributed by atoms with van der Waals surface area (Å²) in [6, 6.07) is 15.3. The first kappa shape index (κ1) is 36.6. The van der Waals surface area contributed by atoms with E-state index < -0.39 is 27.6 Å². The van der Waals surface area contributed by atoms with Crippen molar-refractivity contribution in [1.82, 2.24) is 0 Å². The zero-order chi connectivity index (χ0) is 35.5. The number of hydrogen-bond acceptors (Lipinski definition) is 6. The fraction of sp³-hybridized carbons (Fsp3) is 0.206. The van der Waals surface area contributed by atoms with E-state index in [2.05, 4.69) is 21.1 Å². The third kappa shape index (κ3) is 7.90. The van der Waals surface area contributed by atoms with Crippen LogP contribution in [0.25, 0.3) is 0 Å². The molecule has 4 rings (SSSR count). The topological polar surface area (TPSA) is 115 Å². The van der Waals surface area contributed by atoms with Gasteiger partial charge in [0, 0.05) is 35.4 Å². The van der Waals surface area contributed by atoms with Gasteiger partial charge in [0.1, 0.15) is 17.3 Å². The Balaban J connectivity index is 1.77. The third-order valence-electron chi connectivity index (χ3n) is 7.60. The van der Waals surface area contributed by atoms with E-state index in [0.717, 1.165) is 11.8 Å². The minimum atomic E-state index is -4.26. The molecule has 1 amide bonds. The van der Waals surface area contributed by atoms with Gasteiger partial charge in [-0.25, -0.2) is 22.2 Å². The number of carbonyl (C=O) groups excluding carboxylic acids is 1. The molecule has 250 valence electrons. The Kier molecular flexibility index (Phi) is 11.4. The number of carbonyl (C=O) groups is 1. The van der Waals surface area contributed by atoms with Gasteiger partial charge >= 0.3 is 0 Å². The highest BCUT2D eigenvalue weighted by molar-refractivity contribution is 7.92. The van der Waals surface area contributed by atoms with Gasteiger partial charge in [0.25, 0.3) is 15.9 Å². The van der Waals surface area contributed by atoms with Gasteiger partial charge in [-0.15, -0.1) is 0 Å². The van der Waals surface area contributed by atoms with Crippen LogP contribution in [0.2, 0.25) is 15.1 Å². The molecule has 0 aliphatic rings. The predicted octanol–water partition coefficient (Wildman–Crippen LogP) is 9.07. The highest BCUT2D eigenvalue weighted by atomic mass is 35.5. The Hall–Kier alpha value is -4.21. The quantitative estimate of drug-likeness (QED) is 0.158. The number of aryl methyl sites for hydroxylation is 1. The predicted molar refractivity (Wildman–Crippen MR) is 189 cm³/mol. The fourth-order valence-corrected chi connectivity index (χ4v) is 6.62. The normalized spacial score (nSPS) is 11.6. The molecule has 0 aliphatic heterocycles. The van der Waals surface area contributed by atoms with E-state index in [1.54, 1.807) is 31.2 Å². The largest absolute Gasteiger partial charge is 0.374 e. The lowest BCUT2D eigenvalue weighted by Gasteiger charge is -2.19. The van der Waals surface area contributed by atoms with E-state index in [1.807, 2.05) is 11.9 Å². The third-order valence-corrected chi connectivity index (χ3v) is 10.0. The van der Waals surface area contributed by atoms with Crippen molar-refractivity contribution >= 4 is 79.2 Å². The molecule has 0 unspecified atom stereocenters. The standard InChI is InChI=1S/C34H30Cl3F2N5O3S/c1-18-15-27(37)29(17-26(18)36)43-48(46,47)24-11-12-25(35)28(16-24)42-34(45)33(30-19(2)31(38)21(4)32(39)20(30)3)41-22-7-9-23(10-8-22)44(5)14-6-13-40/h7-12,15-17,43H,6,14H2,1-5H3,(H,42,45). The van der Waals surface area contributed by atoms with E-state index in [-0.39, 0.29) is 60.0 Å². The second-order valence-corrected chi connectivity index (χ2v) is 13.9. The monoisotopic (exact) mass is 731 g/mol. The van der Waals surface area contributed by atoms with Crippen LogP contribution in [0.5, 0.6) is 0 Å². The molecule has 8 nitrogen and oxygen atoms in total. The molecule has 0 radical (unpaired) electrons. The van der Waals surface area contributed by atoms with Crippen molar-refractivity contribution in [2.45, 2.75) is 39.0 Å². The average Bonchev–Trinajstić information content (AvgIpc) is 3.04. The number of benzene rings is 4. The van der Waals surface area contributed by atoms with Gasteiger partial charge in [-0.2, -0.15) is 5.26 Å². The highest BCUT2D eigenvalue weighted by Crippen LogP contribution is 2.33. The van der Waals surface area contributed by atoms with E-state index in [1.165, 1.54) is 45.0 Å². The number of nitrogens with zero attached hydrogens (tertiary/aromatic N) is 3. The van der Waals surface area contributed by atoms with Crippen LogP contribution in [0.4, 0.5) is 31.5 Å². The summed E-state index contributed by atoms with van der Waals surface area (Å²) in [5.74, 6) is -2.58. The maximum Gasteiger partial charge on any atom is 0.274 e. The van der Waals surface area contributed by atoms with Crippen LogP contribution in [-0.2, 0) is 14.8 Å². The smallest absolute Gasteiger partial charge is 0.274 e. The number of sulfonamides is 1. The Morgan fingerprint density at radius 2 is 1.50 bits per heavy atom. The zero-order valence-electron chi connectivity index (χ0n) is 26.5. The van der Waals surface area contributed by atoms with Crippen LogP contribution >= 0.6 is 34.8 Å². The lowest BCUT2D eigenvalue weighted by molar-refractivity contribution is -0.110. The van der Waals surface area contributed by atoms with E-state index in [0.29, 0.717) is 23.6 Å². The van der Waals surface area contributed by atoms with Gasteiger partial charge in [0.2, 0.25) is 0 Å². The Bertz CT molecular complexity index is 2070. The molecule has 0 aromatic heterocycles. The van der Waals surface area contributed by atoms with Gasteiger partial charge in [0.05, 0.1) is 44.5 Å². The van der Waals surface area contributed by atoms with Crippen molar-refractivity contribution in [2.75, 3.05) is 28.5 Å². The number of anilines is 3. The number of hydrogen-bond donors (Lipinski definition) is 2. The number of amides is 1. The lowest BCUT2D eigenvalue weighted by Crippen LogP contribution is -2.27. The molecule has 0 fully saturated rings. The van der Waals surface area contributed by atoms with Gasteiger partial charge in [-0.1, -0.05) is 34.8 Å². The number of rotatable bonds is 10. The van der Waals surface area contributed by atoms with Crippen molar-refractivity contribution in [1.29, 1.82) is 5.26 Å². The molecule has 48 heavy (non-hydrogen) atoms. The molecule has 4 aromatic carbocycles. The van der Waals surface area contributed by atoms with Gasteiger partial charge in [-0.05, 0) is 99.0 Å². The molecule has 0 bridgehead atoms. The SMILES string of the molecule is Cc1cc(Cl)c(NS(=O)(=O)c2ccc(Cl)c(NC(=O)C(=Nc3ccc(N(C)CCC#N)cc3)c3c(C)c(F)c(C)c(F)c3C)c2)cc1Cl. The molecule has 14 heteroatoms. The number of nitrogens with one attached hydrogen (secondary N) is 2. The molecule has 0 aliphatic carbocycles. The second kappa shape index (κ2) is 14.9. The van der Waals surface area contributed by atoms with E-state index in [9.17, 15) is 13.2 Å². The summed E-state index contributed by atoms with van der Waals surface area (Å²) in [4.78, 5) is 20.1. The van der Waals surface area contributed by atoms with Gasteiger partial charge < -0.3 is 10.2 Å². The molecule has 0 heterocycles. The first-order valence-electron chi connectivity index (χ1n) is 14.4. The van der Waals surface area contributed by atoms with Crippen molar-refractivity contribution in [3.63, 3.8) is 0 Å². The molecule has 0 saturated heterocycles. The molecule has 0 saturated carbocycles. The van der Waals surface area contributed by atoms with E-state index >= 15 is 8.78 Å². The zero-order valence-corrected chi connectivity index (χ0v) is 29.6. The van der Waals surface area contributed by atoms with Crippen LogP contribution in [-0.4, -0.2) is 33.6 Å². The summed E-state index contributed by atoms with van der Waals surface area (Å²) < 4.78 is 59.4. The highest BCUT2D eigenvalue weighted by Gasteiger charge is 2.27. The minimum Gasteiger partial charge on any atom is -0.374 e. The first-order chi connectivity index (χ1) is 22.5. The summed E-state index contributed by atoms with van der Waals surface area (Å²) in [6.45, 7) is 6.32. The number of aliphatic imine (C=N–C) groups is 1. The molecule has 2 N–H and O–H groups in total. The van der Waals surface area contributed by atoms with Crippen molar-refractivity contribution in [3.8, 4) is 6.07 Å². The van der Waals surface area contributed by atoms with Crippen molar-refractivity contribution < 1.29 is 22.0 Å². The summed E-state index contributed by atoms with van der Waals surface area (Å²) in [7, 11) is -2.45. The van der Waals surface area contributed by atoms with Crippen molar-refractivity contribution in [2.24, 2.45) is 4.99 Å². The Morgan fingerprint density at radius 1 is 0.875 bits per heavy atom. The molecule has 0 spiro atoms. The molecule has 0 atom stereocenters. The summed E-state index contributed by atoms with van der Waals surface area (Å²) in [5.41, 5.74) is 1.02. The molecule has 4 aromatic rings. The number of nitriles is 1. The average molecular weight is 733 g/mol. The van der Waals surface area contributed by atoms with Crippen LogP contribution in [0, 0.1) is 50.7 Å². The Morgan fingerprint density at radius 3 is 2.10 bits per heavy atom. The van der Waals surface area contributed by atoms with E-state index in [4.69, 9.17) is 40.1 Å². The minimum absolute atomic E-state index is 0.00609. The van der Waals surface area contributed by atoms with Crippen LogP contribution in [0.15, 0.2) is 64.5 Å². The Labute approximate surface area is 293 Å². The first-order valence-corrected chi connectivity index (χ1v) is 17.0. The maximum absolute atomic E-state index is 15.2. The van der Waals surface area contributed by atoms with Crippen LogP contribution in [0.3, 0.4) is 0 Å².